The van der Waals surface area contributed by atoms with E-state index in [2.05, 4.69) is 30.0 Å². The molecule has 0 saturated heterocycles. The molecular formula is C22H18ClN7O4S. The SMILES string of the molecule is CC1=NN(C(=O)c2ccc(Cl)cc2)C(=O)C1/N=N/c1ccc(S(=O)(=O)Nc2nccc(C)n2)cc1. The normalized spacial score (nSPS) is 16.0. The van der Waals surface area contributed by atoms with Crippen molar-refractivity contribution < 1.29 is 18.0 Å². The highest BCUT2D eigenvalue weighted by Crippen LogP contribution is 2.22. The van der Waals surface area contributed by atoms with E-state index in [9.17, 15) is 18.0 Å². The van der Waals surface area contributed by atoms with Gasteiger partial charge in [0.1, 0.15) is 0 Å². The Hall–Kier alpha value is -4.03. The molecule has 2 heterocycles. The van der Waals surface area contributed by atoms with Gasteiger partial charge in [0, 0.05) is 22.5 Å². The molecule has 13 heteroatoms. The van der Waals surface area contributed by atoms with E-state index >= 15 is 0 Å². The zero-order valence-corrected chi connectivity index (χ0v) is 20.0. The summed E-state index contributed by atoms with van der Waals surface area (Å²) in [7, 11) is -3.91. The van der Waals surface area contributed by atoms with E-state index in [-0.39, 0.29) is 16.4 Å². The first-order valence-corrected chi connectivity index (χ1v) is 12.0. The smallest absolute Gasteiger partial charge is 0.269 e. The average Bonchev–Trinajstić information content (AvgIpc) is 3.11. The zero-order chi connectivity index (χ0) is 25.2. The molecule has 35 heavy (non-hydrogen) atoms. The number of carbonyl (C=O) groups excluding carboxylic acids is 2. The molecule has 11 nitrogen and oxygen atoms in total. The first kappa shape index (κ1) is 24.1. The summed E-state index contributed by atoms with van der Waals surface area (Å²) in [5.74, 6) is -1.29. The Morgan fingerprint density at radius 1 is 1.06 bits per heavy atom. The van der Waals surface area contributed by atoms with Crippen LogP contribution >= 0.6 is 11.6 Å². The van der Waals surface area contributed by atoms with Gasteiger partial charge in [-0.05, 0) is 68.4 Å². The van der Waals surface area contributed by atoms with Crippen LogP contribution in [0.1, 0.15) is 23.0 Å². The third-order valence-corrected chi connectivity index (χ3v) is 6.43. The Bertz CT molecular complexity index is 1460. The number of amides is 2. The van der Waals surface area contributed by atoms with Crippen LogP contribution in [0.4, 0.5) is 11.6 Å². The van der Waals surface area contributed by atoms with Crippen molar-refractivity contribution in [1.82, 2.24) is 15.0 Å². The average molecular weight is 512 g/mol. The number of rotatable bonds is 6. The van der Waals surface area contributed by atoms with Crippen LogP contribution < -0.4 is 4.72 Å². The fraction of sp³-hybridized carbons (Fsp3) is 0.136. The molecule has 3 aromatic rings. The number of sulfonamides is 1. The minimum absolute atomic E-state index is 0.0315. The third kappa shape index (κ3) is 5.39. The van der Waals surface area contributed by atoms with E-state index in [4.69, 9.17) is 11.6 Å². The largest absolute Gasteiger partial charge is 0.282 e. The van der Waals surface area contributed by atoms with Crippen LogP contribution in [0.25, 0.3) is 0 Å². The van der Waals surface area contributed by atoms with Gasteiger partial charge in [-0.1, -0.05) is 11.6 Å². The maximum atomic E-state index is 12.7. The number of hydrogen-bond donors (Lipinski definition) is 1. The zero-order valence-electron chi connectivity index (χ0n) is 18.5. The number of nitrogens with zero attached hydrogens (tertiary/aromatic N) is 6. The molecule has 178 valence electrons. The van der Waals surface area contributed by atoms with Crippen molar-refractivity contribution in [2.24, 2.45) is 15.3 Å². The predicted molar refractivity (Wildman–Crippen MR) is 128 cm³/mol. The summed E-state index contributed by atoms with van der Waals surface area (Å²) in [6.45, 7) is 3.28. The molecule has 4 rings (SSSR count). The summed E-state index contributed by atoms with van der Waals surface area (Å²) < 4.78 is 27.4. The van der Waals surface area contributed by atoms with Gasteiger partial charge < -0.3 is 0 Å². The molecule has 1 aliphatic rings. The second-order valence-electron chi connectivity index (χ2n) is 7.44. The molecule has 0 aliphatic carbocycles. The van der Waals surface area contributed by atoms with Gasteiger partial charge in [0.15, 0.2) is 6.04 Å². The number of aromatic nitrogens is 2. The molecule has 1 aliphatic heterocycles. The lowest BCUT2D eigenvalue weighted by Gasteiger charge is -2.10. The van der Waals surface area contributed by atoms with Crippen molar-refractivity contribution in [2.45, 2.75) is 24.8 Å². The second-order valence-corrected chi connectivity index (χ2v) is 9.56. The molecular weight excluding hydrogens is 494 g/mol. The van der Waals surface area contributed by atoms with Crippen LogP contribution in [0.2, 0.25) is 5.02 Å². The Labute approximate surface area is 205 Å². The Morgan fingerprint density at radius 2 is 1.74 bits per heavy atom. The number of hydrogen-bond acceptors (Lipinski definition) is 9. The fourth-order valence-corrected chi connectivity index (χ4v) is 4.12. The summed E-state index contributed by atoms with van der Waals surface area (Å²) in [6, 6.07) is 12.2. The van der Waals surface area contributed by atoms with Gasteiger partial charge in [-0.25, -0.2) is 23.1 Å². The van der Waals surface area contributed by atoms with Crippen molar-refractivity contribution in [2.75, 3.05) is 4.72 Å². The van der Waals surface area contributed by atoms with Crippen molar-refractivity contribution in [3.8, 4) is 0 Å². The predicted octanol–water partition coefficient (Wildman–Crippen LogP) is 3.75. The van der Waals surface area contributed by atoms with Crippen molar-refractivity contribution in [1.29, 1.82) is 0 Å². The van der Waals surface area contributed by atoms with E-state index in [1.165, 1.54) is 54.7 Å². The minimum Gasteiger partial charge on any atom is -0.269 e. The summed E-state index contributed by atoms with van der Waals surface area (Å²) in [6.07, 6.45) is 1.45. The van der Waals surface area contributed by atoms with Crippen LogP contribution in [0, 0.1) is 6.92 Å². The van der Waals surface area contributed by atoms with Gasteiger partial charge in [0.05, 0.1) is 16.3 Å². The summed E-state index contributed by atoms with van der Waals surface area (Å²) in [5, 5.41) is 13.2. The molecule has 0 bridgehead atoms. The van der Waals surface area contributed by atoms with Gasteiger partial charge in [0.2, 0.25) is 5.95 Å². The molecule has 2 aromatic carbocycles. The first-order valence-electron chi connectivity index (χ1n) is 10.2. The maximum Gasteiger partial charge on any atom is 0.282 e. The number of azo groups is 1. The molecule has 1 aromatic heterocycles. The molecule has 0 radical (unpaired) electrons. The molecule has 0 spiro atoms. The van der Waals surface area contributed by atoms with E-state index in [1.54, 1.807) is 19.9 Å². The van der Waals surface area contributed by atoms with Gasteiger partial charge in [-0.15, -0.1) is 0 Å². The lowest BCUT2D eigenvalue weighted by molar-refractivity contribution is -0.127. The van der Waals surface area contributed by atoms with Gasteiger partial charge in [-0.2, -0.15) is 20.3 Å². The van der Waals surface area contributed by atoms with Crippen LogP contribution in [0.15, 0.2) is 81.0 Å². The highest BCUT2D eigenvalue weighted by molar-refractivity contribution is 7.92. The van der Waals surface area contributed by atoms with Crippen molar-refractivity contribution in [3.63, 3.8) is 0 Å². The minimum atomic E-state index is -3.91. The van der Waals surface area contributed by atoms with Crippen molar-refractivity contribution >= 4 is 50.8 Å². The molecule has 1 unspecified atom stereocenters. The molecule has 0 saturated carbocycles. The molecule has 1 atom stereocenters. The number of halogens is 1. The van der Waals surface area contributed by atoms with Crippen LogP contribution in [-0.4, -0.2) is 47.0 Å². The highest BCUT2D eigenvalue weighted by Gasteiger charge is 2.38. The quantitative estimate of drug-likeness (QED) is 0.394. The van der Waals surface area contributed by atoms with Crippen molar-refractivity contribution in [3.05, 3.63) is 77.1 Å². The van der Waals surface area contributed by atoms with Crippen LogP contribution in [-0.2, 0) is 14.8 Å². The first-order chi connectivity index (χ1) is 16.6. The fourth-order valence-electron chi connectivity index (χ4n) is 3.04. The van der Waals surface area contributed by atoms with Gasteiger partial charge >= 0.3 is 0 Å². The van der Waals surface area contributed by atoms with E-state index in [1.807, 2.05) is 0 Å². The highest BCUT2D eigenvalue weighted by atomic mass is 35.5. The number of carbonyl (C=O) groups is 2. The summed E-state index contributed by atoms with van der Waals surface area (Å²) in [5.41, 5.74) is 1.46. The van der Waals surface area contributed by atoms with E-state index in [0.717, 1.165) is 5.01 Å². The molecule has 2 amide bonds. The van der Waals surface area contributed by atoms with Crippen LogP contribution in [0.3, 0.4) is 0 Å². The Kier molecular flexibility index (Phi) is 6.67. The summed E-state index contributed by atoms with van der Waals surface area (Å²) >= 11 is 5.84. The maximum absolute atomic E-state index is 12.7. The summed E-state index contributed by atoms with van der Waals surface area (Å²) in [4.78, 5) is 33.2. The molecule has 1 N–H and O–H groups in total. The second kappa shape index (κ2) is 9.68. The number of hydrazone groups is 1. The Morgan fingerprint density at radius 3 is 2.40 bits per heavy atom. The van der Waals surface area contributed by atoms with Crippen LogP contribution in [0.5, 0.6) is 0 Å². The van der Waals surface area contributed by atoms with Gasteiger partial charge in [-0.3, -0.25) is 9.59 Å². The lowest BCUT2D eigenvalue weighted by Crippen LogP contribution is -2.34. The number of benzene rings is 2. The lowest BCUT2D eigenvalue weighted by atomic mass is 10.2. The number of aryl methyl sites for hydroxylation is 1. The standard InChI is InChI=1S/C22H18ClN7O4S/c1-13-11-12-24-22(25-13)29-35(33,34)18-9-7-17(8-10-18)26-27-19-14(2)28-30(21(19)32)20(31)15-3-5-16(23)6-4-15/h3-12,19H,1-2H3,(H,24,25,29)/b27-26+. The molecule has 0 fully saturated rings. The van der Waals surface area contributed by atoms with Gasteiger partial charge in [0.25, 0.3) is 21.8 Å². The monoisotopic (exact) mass is 511 g/mol. The van der Waals surface area contributed by atoms with E-state index in [0.29, 0.717) is 22.1 Å². The number of imide groups is 1. The number of anilines is 1. The number of nitrogens with one attached hydrogen (secondary N) is 1. The Balaban J connectivity index is 1.45. The topological polar surface area (TPSA) is 146 Å². The third-order valence-electron chi connectivity index (χ3n) is 4.84. The van der Waals surface area contributed by atoms with E-state index < -0.39 is 27.9 Å².